The number of likely N-dealkylation sites (tertiary alicyclic amines) is 1. The highest BCUT2D eigenvalue weighted by Gasteiger charge is 2.31. The first kappa shape index (κ1) is 22.6. The first-order valence-electron chi connectivity index (χ1n) is 10.4. The van der Waals surface area contributed by atoms with E-state index < -0.39 is 11.7 Å². The summed E-state index contributed by atoms with van der Waals surface area (Å²) in [5, 5.41) is 19.5. The number of carbonyl (C=O) groups is 1. The molecule has 0 aliphatic carbocycles. The molecule has 3 heterocycles. The smallest absolute Gasteiger partial charge is 0.416 e. The summed E-state index contributed by atoms with van der Waals surface area (Å²) >= 11 is 0. The molecule has 1 aliphatic heterocycles. The van der Waals surface area contributed by atoms with Crippen LogP contribution in [0.2, 0.25) is 0 Å². The number of hydrogen-bond donors (Lipinski definition) is 0. The molecule has 4 rings (SSSR count). The molecule has 2 aromatic heterocycles. The normalized spacial score (nSPS) is 15.5. The molecule has 0 radical (unpaired) electrons. The van der Waals surface area contributed by atoms with Crippen molar-refractivity contribution in [1.82, 2.24) is 35.3 Å². The van der Waals surface area contributed by atoms with E-state index in [4.69, 9.17) is 4.42 Å². The third kappa shape index (κ3) is 5.44. The lowest BCUT2D eigenvalue weighted by atomic mass is 9.96. The van der Waals surface area contributed by atoms with Crippen molar-refractivity contribution in [2.75, 3.05) is 13.1 Å². The minimum absolute atomic E-state index is 0.00633. The second-order valence-electron chi connectivity index (χ2n) is 7.87. The molecule has 0 N–H and O–H groups in total. The molecule has 0 saturated carbocycles. The SMILES string of the molecule is Cc1nnn(Cc2cc(C(F)(F)F)ccc2/C=C/C(=O)N2CCC(c3nnc(C)o3)CC2)n1. The molecule has 0 bridgehead atoms. The predicted molar refractivity (Wildman–Crippen MR) is 110 cm³/mol. The van der Waals surface area contributed by atoms with Gasteiger partial charge in [0, 0.05) is 32.0 Å². The quantitative estimate of drug-likeness (QED) is 0.538. The summed E-state index contributed by atoms with van der Waals surface area (Å²) in [6.07, 6.45) is -0.188. The van der Waals surface area contributed by atoms with Crippen molar-refractivity contribution in [2.24, 2.45) is 0 Å². The van der Waals surface area contributed by atoms with E-state index in [0.717, 1.165) is 12.1 Å². The van der Waals surface area contributed by atoms with Crippen LogP contribution in [0.1, 0.15) is 53.1 Å². The van der Waals surface area contributed by atoms with E-state index >= 15 is 0 Å². The highest BCUT2D eigenvalue weighted by Crippen LogP contribution is 2.31. The van der Waals surface area contributed by atoms with Gasteiger partial charge in [0.1, 0.15) is 0 Å². The zero-order chi connectivity index (χ0) is 23.6. The van der Waals surface area contributed by atoms with Crippen LogP contribution >= 0.6 is 0 Å². The number of benzene rings is 1. The number of piperidine rings is 1. The van der Waals surface area contributed by atoms with Crippen LogP contribution in [0.3, 0.4) is 0 Å². The summed E-state index contributed by atoms with van der Waals surface area (Å²) in [7, 11) is 0. The van der Waals surface area contributed by atoms with Crippen LogP contribution in [-0.4, -0.2) is 54.3 Å². The van der Waals surface area contributed by atoms with Crippen molar-refractivity contribution in [3.63, 3.8) is 0 Å². The lowest BCUT2D eigenvalue weighted by molar-refractivity contribution is -0.137. The maximum Gasteiger partial charge on any atom is 0.416 e. The van der Waals surface area contributed by atoms with E-state index in [2.05, 4.69) is 25.6 Å². The Morgan fingerprint density at radius 3 is 2.55 bits per heavy atom. The van der Waals surface area contributed by atoms with Crippen molar-refractivity contribution in [3.8, 4) is 0 Å². The fourth-order valence-electron chi connectivity index (χ4n) is 3.71. The van der Waals surface area contributed by atoms with Gasteiger partial charge in [-0.1, -0.05) is 6.07 Å². The van der Waals surface area contributed by atoms with E-state index in [1.165, 1.54) is 23.0 Å². The number of nitrogens with zero attached hydrogens (tertiary/aromatic N) is 7. The largest absolute Gasteiger partial charge is 0.425 e. The number of aryl methyl sites for hydroxylation is 2. The molecule has 1 amide bonds. The summed E-state index contributed by atoms with van der Waals surface area (Å²) in [5.74, 6) is 1.40. The van der Waals surface area contributed by atoms with E-state index in [1.807, 2.05) is 0 Å². The molecule has 0 atom stereocenters. The average molecular weight is 461 g/mol. The highest BCUT2D eigenvalue weighted by atomic mass is 19.4. The topological polar surface area (TPSA) is 103 Å². The second-order valence-corrected chi connectivity index (χ2v) is 7.87. The maximum absolute atomic E-state index is 13.2. The fraction of sp³-hybridized carbons (Fsp3) is 0.429. The Morgan fingerprint density at radius 1 is 1.18 bits per heavy atom. The summed E-state index contributed by atoms with van der Waals surface area (Å²) in [5.41, 5.74) is 0.0235. The number of halogens is 3. The van der Waals surface area contributed by atoms with Crippen LogP contribution in [-0.2, 0) is 17.5 Å². The predicted octanol–water partition coefficient (Wildman–Crippen LogP) is 3.16. The molecule has 174 valence electrons. The number of amides is 1. The zero-order valence-electron chi connectivity index (χ0n) is 18.1. The first-order valence-corrected chi connectivity index (χ1v) is 10.4. The van der Waals surface area contributed by atoms with Gasteiger partial charge in [-0.2, -0.15) is 18.0 Å². The van der Waals surface area contributed by atoms with E-state index in [1.54, 1.807) is 18.7 Å². The Hall–Kier alpha value is -3.57. The van der Waals surface area contributed by atoms with E-state index in [0.29, 0.717) is 54.7 Å². The Bertz CT molecular complexity index is 1160. The monoisotopic (exact) mass is 461 g/mol. The summed E-state index contributed by atoms with van der Waals surface area (Å²) in [6, 6.07) is 3.38. The molecule has 0 unspecified atom stereocenters. The van der Waals surface area contributed by atoms with Gasteiger partial charge in [-0.25, -0.2) is 0 Å². The fourth-order valence-corrected chi connectivity index (χ4v) is 3.71. The van der Waals surface area contributed by atoms with Gasteiger partial charge in [0.2, 0.25) is 17.7 Å². The molecule has 3 aromatic rings. The Kier molecular flexibility index (Phi) is 6.25. The van der Waals surface area contributed by atoms with Crippen LogP contribution in [0.25, 0.3) is 6.08 Å². The van der Waals surface area contributed by atoms with Crippen molar-refractivity contribution >= 4 is 12.0 Å². The summed E-state index contributed by atoms with van der Waals surface area (Å²) < 4.78 is 45.1. The van der Waals surface area contributed by atoms with Crippen LogP contribution < -0.4 is 0 Å². The van der Waals surface area contributed by atoms with Crippen molar-refractivity contribution in [3.05, 3.63) is 58.6 Å². The number of rotatable bonds is 5. The lowest BCUT2D eigenvalue weighted by Gasteiger charge is -2.29. The van der Waals surface area contributed by atoms with Gasteiger partial charge in [0.15, 0.2) is 5.82 Å². The molecular formula is C21H22F3N7O2. The van der Waals surface area contributed by atoms with Crippen molar-refractivity contribution < 1.29 is 22.4 Å². The van der Waals surface area contributed by atoms with Crippen LogP contribution in [0.5, 0.6) is 0 Å². The summed E-state index contributed by atoms with van der Waals surface area (Å²) in [6.45, 7) is 4.41. The minimum atomic E-state index is -4.49. The van der Waals surface area contributed by atoms with Gasteiger partial charge in [-0.3, -0.25) is 4.79 Å². The van der Waals surface area contributed by atoms with E-state index in [9.17, 15) is 18.0 Å². The molecule has 9 nitrogen and oxygen atoms in total. The van der Waals surface area contributed by atoms with Gasteiger partial charge >= 0.3 is 6.18 Å². The Morgan fingerprint density at radius 2 is 1.94 bits per heavy atom. The molecule has 12 heteroatoms. The summed E-state index contributed by atoms with van der Waals surface area (Å²) in [4.78, 5) is 15.6. The Labute approximate surface area is 187 Å². The van der Waals surface area contributed by atoms with E-state index in [-0.39, 0.29) is 18.4 Å². The molecule has 1 saturated heterocycles. The Balaban J connectivity index is 1.46. The molecule has 33 heavy (non-hydrogen) atoms. The molecule has 1 aromatic carbocycles. The maximum atomic E-state index is 13.2. The molecule has 0 spiro atoms. The number of tetrazole rings is 1. The molecular weight excluding hydrogens is 439 g/mol. The van der Waals surface area contributed by atoms with Crippen LogP contribution in [0.15, 0.2) is 28.7 Å². The second kappa shape index (κ2) is 9.12. The van der Waals surface area contributed by atoms with Gasteiger partial charge in [0.25, 0.3) is 0 Å². The van der Waals surface area contributed by atoms with Crippen LogP contribution in [0, 0.1) is 13.8 Å². The highest BCUT2D eigenvalue weighted by molar-refractivity contribution is 5.92. The third-order valence-electron chi connectivity index (χ3n) is 5.44. The molecule has 1 aliphatic rings. The minimum Gasteiger partial charge on any atom is -0.425 e. The lowest BCUT2D eigenvalue weighted by Crippen LogP contribution is -2.36. The van der Waals surface area contributed by atoms with Gasteiger partial charge in [0.05, 0.1) is 12.1 Å². The first-order chi connectivity index (χ1) is 15.7. The molecule has 1 fully saturated rings. The number of hydrogen-bond acceptors (Lipinski definition) is 7. The van der Waals surface area contributed by atoms with Crippen molar-refractivity contribution in [1.29, 1.82) is 0 Å². The van der Waals surface area contributed by atoms with Gasteiger partial charge in [-0.15, -0.1) is 20.4 Å². The van der Waals surface area contributed by atoms with Gasteiger partial charge in [-0.05, 0) is 54.3 Å². The third-order valence-corrected chi connectivity index (χ3v) is 5.44. The zero-order valence-corrected chi connectivity index (χ0v) is 18.1. The number of alkyl halides is 3. The van der Waals surface area contributed by atoms with Crippen molar-refractivity contribution in [2.45, 2.75) is 45.3 Å². The number of carbonyl (C=O) groups excluding carboxylic acids is 1. The van der Waals surface area contributed by atoms with Gasteiger partial charge < -0.3 is 9.32 Å². The standard InChI is InChI=1S/C21H22F3N7O2/c1-13-25-29-31(28-13)12-17-11-18(21(22,23)24)5-3-15(17)4-6-19(32)30-9-7-16(8-10-30)20-27-26-14(2)33-20/h3-6,11,16H,7-10,12H2,1-2H3/b6-4+. The number of aromatic nitrogens is 6. The average Bonchev–Trinajstić information content (AvgIpc) is 3.40. The van der Waals surface area contributed by atoms with Crippen LogP contribution in [0.4, 0.5) is 13.2 Å².